The number of nitrogens with one attached hydrogen (secondary N) is 2. The van der Waals surface area contributed by atoms with Crippen LogP contribution >= 0.6 is 23.2 Å². The molecule has 0 fully saturated rings. The number of rotatable bonds is 3. The lowest BCUT2D eigenvalue weighted by molar-refractivity contribution is 0.0914. The zero-order valence-electron chi connectivity index (χ0n) is 12.6. The van der Waals surface area contributed by atoms with Gasteiger partial charge < -0.3 is 10.6 Å². The highest BCUT2D eigenvalue weighted by molar-refractivity contribution is 6.43. The van der Waals surface area contributed by atoms with Crippen LogP contribution in [0.5, 0.6) is 0 Å². The number of carbonyl (C=O) groups is 1. The van der Waals surface area contributed by atoms with E-state index < -0.39 is 0 Å². The number of nitrogens with zero attached hydrogens (tertiary/aromatic N) is 1. The second-order valence-electron chi connectivity index (χ2n) is 5.86. The molecule has 2 aromatic rings. The minimum Gasteiger partial charge on any atom is -0.354 e. The molecule has 0 atom stereocenters. The summed E-state index contributed by atoms with van der Waals surface area (Å²) in [5.74, 6) is -0.228. The molecular weight excluding hydrogens is 321 g/mol. The topological polar surface area (TPSA) is 54.0 Å². The lowest BCUT2D eigenvalue weighted by Crippen LogP contribution is -2.40. The van der Waals surface area contributed by atoms with E-state index in [9.17, 15) is 4.79 Å². The second-order valence-corrected chi connectivity index (χ2v) is 6.65. The summed E-state index contributed by atoms with van der Waals surface area (Å²) in [5, 5.41) is 6.90. The van der Waals surface area contributed by atoms with Crippen LogP contribution < -0.4 is 10.6 Å². The third kappa shape index (κ3) is 4.36. The third-order valence-corrected chi connectivity index (χ3v) is 3.53. The minimum absolute atomic E-state index is 0.228. The number of carbonyl (C=O) groups excluding carboxylic acids is 1. The van der Waals surface area contributed by atoms with Gasteiger partial charge in [-0.25, -0.2) is 0 Å². The van der Waals surface area contributed by atoms with Gasteiger partial charge in [0.25, 0.3) is 5.91 Å². The number of pyridine rings is 1. The quantitative estimate of drug-likeness (QED) is 0.856. The molecule has 1 heterocycles. The molecule has 0 unspecified atom stereocenters. The van der Waals surface area contributed by atoms with Crippen molar-refractivity contribution in [3.63, 3.8) is 0 Å². The molecule has 1 amide bonds. The molecular formula is C16H17Cl2N3O. The fourth-order valence-corrected chi connectivity index (χ4v) is 2.14. The van der Waals surface area contributed by atoms with Gasteiger partial charge in [-0.15, -0.1) is 0 Å². The first-order valence-electron chi connectivity index (χ1n) is 6.76. The van der Waals surface area contributed by atoms with Gasteiger partial charge in [0.1, 0.15) is 5.69 Å². The molecule has 6 heteroatoms. The highest BCUT2D eigenvalue weighted by atomic mass is 35.5. The Hall–Kier alpha value is -1.78. The highest BCUT2D eigenvalue weighted by Crippen LogP contribution is 2.31. The second kappa shape index (κ2) is 6.55. The predicted molar refractivity (Wildman–Crippen MR) is 91.2 cm³/mol. The van der Waals surface area contributed by atoms with Gasteiger partial charge >= 0.3 is 0 Å². The first kappa shape index (κ1) is 16.6. The van der Waals surface area contributed by atoms with Gasteiger partial charge in [-0.05, 0) is 45.0 Å². The number of benzene rings is 1. The molecule has 4 nitrogen and oxygen atoms in total. The zero-order valence-corrected chi connectivity index (χ0v) is 14.1. The van der Waals surface area contributed by atoms with E-state index in [0.29, 0.717) is 27.1 Å². The van der Waals surface area contributed by atoms with Gasteiger partial charge in [-0.2, -0.15) is 0 Å². The Morgan fingerprint density at radius 1 is 1.18 bits per heavy atom. The van der Waals surface area contributed by atoms with Crippen LogP contribution in [0, 0.1) is 0 Å². The third-order valence-electron chi connectivity index (χ3n) is 2.71. The minimum atomic E-state index is -0.321. The van der Waals surface area contributed by atoms with Crippen molar-refractivity contribution >= 4 is 40.5 Å². The largest absolute Gasteiger partial charge is 0.354 e. The molecule has 1 aromatic heterocycles. The number of anilines is 2. The van der Waals surface area contributed by atoms with Crippen molar-refractivity contribution in [2.45, 2.75) is 26.3 Å². The summed E-state index contributed by atoms with van der Waals surface area (Å²) in [5.41, 5.74) is 1.39. The maximum Gasteiger partial charge on any atom is 0.270 e. The van der Waals surface area contributed by atoms with E-state index in [0.717, 1.165) is 0 Å². The number of hydrogen-bond acceptors (Lipinski definition) is 3. The molecule has 0 aliphatic rings. The average molecular weight is 338 g/mol. The van der Waals surface area contributed by atoms with Crippen LogP contribution in [-0.2, 0) is 0 Å². The number of amides is 1. The molecule has 0 radical (unpaired) electrons. The molecule has 0 aliphatic heterocycles. The summed E-state index contributed by atoms with van der Waals surface area (Å²) in [6.07, 6.45) is 1.57. The van der Waals surface area contributed by atoms with E-state index in [1.165, 1.54) is 0 Å². The molecule has 0 bridgehead atoms. The van der Waals surface area contributed by atoms with Crippen LogP contribution in [-0.4, -0.2) is 16.4 Å². The lowest BCUT2D eigenvalue weighted by atomic mass is 10.1. The van der Waals surface area contributed by atoms with Gasteiger partial charge in [0.2, 0.25) is 0 Å². The van der Waals surface area contributed by atoms with Crippen LogP contribution in [0.25, 0.3) is 0 Å². The molecule has 0 saturated carbocycles. The van der Waals surface area contributed by atoms with E-state index in [1.807, 2.05) is 26.8 Å². The Balaban J connectivity index is 2.22. The fourth-order valence-electron chi connectivity index (χ4n) is 1.79. The smallest absolute Gasteiger partial charge is 0.270 e. The van der Waals surface area contributed by atoms with Crippen LogP contribution in [0.2, 0.25) is 10.0 Å². The normalized spacial score (nSPS) is 11.1. The maximum absolute atomic E-state index is 12.1. The Labute approximate surface area is 139 Å². The van der Waals surface area contributed by atoms with Crippen LogP contribution in [0.1, 0.15) is 31.3 Å². The molecule has 1 aromatic carbocycles. The maximum atomic E-state index is 12.1. The van der Waals surface area contributed by atoms with Crippen molar-refractivity contribution in [3.8, 4) is 0 Å². The Kier molecular flexibility index (Phi) is 4.94. The van der Waals surface area contributed by atoms with Gasteiger partial charge in [0, 0.05) is 17.4 Å². The lowest BCUT2D eigenvalue weighted by Gasteiger charge is -2.20. The van der Waals surface area contributed by atoms with E-state index >= 15 is 0 Å². The Bertz CT molecular complexity index is 696. The molecule has 0 spiro atoms. The molecule has 2 N–H and O–H groups in total. The van der Waals surface area contributed by atoms with Gasteiger partial charge in [0.15, 0.2) is 0 Å². The fraction of sp³-hybridized carbons (Fsp3) is 0.250. The van der Waals surface area contributed by atoms with Crippen LogP contribution in [0.15, 0.2) is 36.5 Å². The summed E-state index contributed by atoms with van der Waals surface area (Å²) in [6, 6.07) is 8.74. The van der Waals surface area contributed by atoms with Crippen molar-refractivity contribution in [1.82, 2.24) is 10.3 Å². The number of aromatic nitrogens is 1. The van der Waals surface area contributed by atoms with Gasteiger partial charge in [-0.3, -0.25) is 9.78 Å². The molecule has 2 rings (SSSR count). The zero-order chi connectivity index (χ0) is 16.3. The standard InChI is InChI=1S/C16H17Cl2N3O/c1-16(2,3)21-15(22)13-9-10(7-8-19-13)20-12-6-4-5-11(17)14(12)18/h4-9H,1-3H3,(H,19,20)(H,21,22). The Morgan fingerprint density at radius 2 is 1.91 bits per heavy atom. The van der Waals surface area contributed by atoms with E-state index in [2.05, 4.69) is 15.6 Å². The summed E-state index contributed by atoms with van der Waals surface area (Å²) in [7, 11) is 0. The Morgan fingerprint density at radius 3 is 2.59 bits per heavy atom. The molecule has 0 aliphatic carbocycles. The summed E-state index contributed by atoms with van der Waals surface area (Å²) < 4.78 is 0. The van der Waals surface area contributed by atoms with Crippen molar-refractivity contribution < 1.29 is 4.79 Å². The van der Waals surface area contributed by atoms with Crippen molar-refractivity contribution in [3.05, 3.63) is 52.3 Å². The summed E-state index contributed by atoms with van der Waals surface area (Å²) >= 11 is 12.1. The molecule has 0 saturated heterocycles. The first-order valence-corrected chi connectivity index (χ1v) is 7.51. The summed E-state index contributed by atoms with van der Waals surface area (Å²) in [6.45, 7) is 5.75. The molecule has 116 valence electrons. The van der Waals surface area contributed by atoms with E-state index in [-0.39, 0.29) is 11.4 Å². The number of hydrogen-bond donors (Lipinski definition) is 2. The SMILES string of the molecule is CC(C)(C)NC(=O)c1cc(Nc2cccc(Cl)c2Cl)ccn1. The monoisotopic (exact) mass is 337 g/mol. The summed E-state index contributed by atoms with van der Waals surface area (Å²) in [4.78, 5) is 16.2. The first-order chi connectivity index (χ1) is 10.3. The van der Waals surface area contributed by atoms with Gasteiger partial charge in [0.05, 0.1) is 15.7 Å². The van der Waals surface area contributed by atoms with Crippen molar-refractivity contribution in [1.29, 1.82) is 0 Å². The van der Waals surface area contributed by atoms with E-state index in [1.54, 1.807) is 30.5 Å². The van der Waals surface area contributed by atoms with E-state index in [4.69, 9.17) is 23.2 Å². The van der Waals surface area contributed by atoms with Crippen LogP contribution in [0.4, 0.5) is 11.4 Å². The van der Waals surface area contributed by atoms with Crippen molar-refractivity contribution in [2.75, 3.05) is 5.32 Å². The van der Waals surface area contributed by atoms with Crippen LogP contribution in [0.3, 0.4) is 0 Å². The van der Waals surface area contributed by atoms with Crippen molar-refractivity contribution in [2.24, 2.45) is 0 Å². The number of halogens is 2. The average Bonchev–Trinajstić information content (AvgIpc) is 2.42. The van der Waals surface area contributed by atoms with Gasteiger partial charge in [-0.1, -0.05) is 29.3 Å². The molecule has 22 heavy (non-hydrogen) atoms. The highest BCUT2D eigenvalue weighted by Gasteiger charge is 2.16. The predicted octanol–water partition coefficient (Wildman–Crippen LogP) is 4.66.